The van der Waals surface area contributed by atoms with Gasteiger partial charge in [-0.15, -0.1) is 0 Å². The van der Waals surface area contributed by atoms with E-state index in [-0.39, 0.29) is 5.56 Å². The summed E-state index contributed by atoms with van der Waals surface area (Å²) in [5.41, 5.74) is 3.22. The highest BCUT2D eigenvalue weighted by atomic mass is 16.1. The van der Waals surface area contributed by atoms with Crippen molar-refractivity contribution >= 4 is 17.6 Å². The molecule has 6 heteroatoms. The van der Waals surface area contributed by atoms with Gasteiger partial charge in [-0.1, -0.05) is 60.7 Å². The molecule has 0 atom stereocenters. The van der Waals surface area contributed by atoms with Gasteiger partial charge in [0.25, 0.3) is 5.56 Å². The molecule has 2 aromatic heterocycles. The average molecular weight is 409 g/mol. The Morgan fingerprint density at radius 2 is 1.65 bits per heavy atom. The Kier molecular flexibility index (Phi) is 5.19. The van der Waals surface area contributed by atoms with Crippen molar-refractivity contribution in [3.8, 4) is 11.1 Å². The number of hydrogen-bond acceptors (Lipinski definition) is 5. The number of pyridine rings is 1. The number of fused-ring (bicyclic) bond motifs is 1. The van der Waals surface area contributed by atoms with E-state index in [9.17, 15) is 4.79 Å². The lowest BCUT2D eigenvalue weighted by atomic mass is 10.1. The molecule has 0 bridgehead atoms. The van der Waals surface area contributed by atoms with Crippen LogP contribution in [0.15, 0.2) is 89.9 Å². The lowest BCUT2D eigenvalue weighted by Crippen LogP contribution is -2.18. The zero-order valence-electron chi connectivity index (χ0n) is 17.1. The van der Waals surface area contributed by atoms with Crippen molar-refractivity contribution in [1.82, 2.24) is 14.5 Å². The first-order chi connectivity index (χ1) is 15.3. The number of benzene rings is 2. The minimum Gasteiger partial charge on any atom is -0.354 e. The zero-order chi connectivity index (χ0) is 21.0. The molecule has 0 radical (unpaired) electrons. The van der Waals surface area contributed by atoms with Gasteiger partial charge in [0, 0.05) is 31.9 Å². The fourth-order valence-electron chi connectivity index (χ4n) is 3.92. The molecule has 1 N–H and O–H groups in total. The fourth-order valence-corrected chi connectivity index (χ4v) is 3.92. The summed E-state index contributed by atoms with van der Waals surface area (Å²) < 4.78 is 1.80. The van der Waals surface area contributed by atoms with Crippen LogP contribution in [0, 0.1) is 0 Å². The summed E-state index contributed by atoms with van der Waals surface area (Å²) in [6.07, 6.45) is 2.66. The smallest absolute Gasteiger partial charge is 0.252 e. The van der Waals surface area contributed by atoms with Gasteiger partial charge < -0.3 is 10.2 Å². The molecule has 0 spiro atoms. The highest BCUT2D eigenvalue weighted by molar-refractivity contribution is 5.70. The van der Waals surface area contributed by atoms with Crippen molar-refractivity contribution < 1.29 is 0 Å². The number of anilines is 3. The van der Waals surface area contributed by atoms with Crippen molar-refractivity contribution in [2.24, 2.45) is 0 Å². The van der Waals surface area contributed by atoms with Crippen molar-refractivity contribution in [3.63, 3.8) is 0 Å². The number of aromatic nitrogens is 3. The molecule has 0 unspecified atom stereocenters. The van der Waals surface area contributed by atoms with Crippen LogP contribution in [0.2, 0.25) is 0 Å². The van der Waals surface area contributed by atoms with E-state index in [2.05, 4.69) is 33.4 Å². The predicted molar refractivity (Wildman–Crippen MR) is 124 cm³/mol. The summed E-state index contributed by atoms with van der Waals surface area (Å²) in [4.78, 5) is 23.9. The number of nitrogens with zero attached hydrogens (tertiary/aromatic N) is 4. The molecule has 0 saturated carbocycles. The third kappa shape index (κ3) is 4.05. The molecule has 1 aliphatic rings. The van der Waals surface area contributed by atoms with E-state index in [0.29, 0.717) is 19.0 Å². The van der Waals surface area contributed by atoms with Crippen LogP contribution in [0.1, 0.15) is 5.56 Å². The van der Waals surface area contributed by atoms with Gasteiger partial charge in [-0.2, -0.15) is 4.98 Å². The van der Waals surface area contributed by atoms with Crippen LogP contribution in [-0.4, -0.2) is 27.6 Å². The Labute approximate surface area is 180 Å². The maximum atomic E-state index is 12.7. The molecule has 4 aromatic rings. The second kappa shape index (κ2) is 8.44. The summed E-state index contributed by atoms with van der Waals surface area (Å²) in [6.45, 7) is 2.10. The van der Waals surface area contributed by atoms with Gasteiger partial charge >= 0.3 is 0 Å². The van der Waals surface area contributed by atoms with Gasteiger partial charge in [-0.25, -0.2) is 4.98 Å². The normalized spacial score (nSPS) is 12.6. The van der Waals surface area contributed by atoms with E-state index in [1.165, 1.54) is 5.56 Å². The summed E-state index contributed by atoms with van der Waals surface area (Å²) in [6, 6.07) is 26.0. The summed E-state index contributed by atoms with van der Waals surface area (Å²) >= 11 is 0. The van der Waals surface area contributed by atoms with Gasteiger partial charge in [-0.05, 0) is 35.2 Å². The van der Waals surface area contributed by atoms with Crippen LogP contribution in [0.4, 0.5) is 17.6 Å². The van der Waals surface area contributed by atoms with Crippen molar-refractivity contribution in [1.29, 1.82) is 0 Å². The predicted octanol–water partition coefficient (Wildman–Crippen LogP) is 4.11. The maximum absolute atomic E-state index is 12.7. The topological polar surface area (TPSA) is 63.1 Å². The van der Waals surface area contributed by atoms with Crippen LogP contribution >= 0.6 is 0 Å². The van der Waals surface area contributed by atoms with Gasteiger partial charge in [0.15, 0.2) is 0 Å². The molecule has 0 aliphatic carbocycles. The highest BCUT2D eigenvalue weighted by Gasteiger charge is 2.23. The van der Waals surface area contributed by atoms with Crippen LogP contribution in [0.5, 0.6) is 0 Å². The van der Waals surface area contributed by atoms with E-state index in [4.69, 9.17) is 4.98 Å². The molecule has 0 saturated heterocycles. The van der Waals surface area contributed by atoms with E-state index < -0.39 is 0 Å². The quantitative estimate of drug-likeness (QED) is 0.519. The van der Waals surface area contributed by atoms with Gasteiger partial charge in [0.05, 0.1) is 0 Å². The summed E-state index contributed by atoms with van der Waals surface area (Å²) in [5.74, 6) is 2.24. The summed E-state index contributed by atoms with van der Waals surface area (Å²) in [7, 11) is 0. The molecule has 31 heavy (non-hydrogen) atoms. The average Bonchev–Trinajstić information content (AvgIpc) is 3.25. The Morgan fingerprint density at radius 3 is 2.45 bits per heavy atom. The molecule has 0 fully saturated rings. The standard InChI is InChI=1S/C25H23N5O/c31-24-18-21(20-9-5-2-6-10-20)17-23-29(15-16-30(23)24)22-12-14-27-25(28-22)26-13-11-19-7-3-1-4-8-19/h1-10,12,14,17-18H,11,13,15-16H2,(H,26,27,28). The number of rotatable bonds is 6. The number of hydrogen-bond donors (Lipinski definition) is 1. The molecule has 6 nitrogen and oxygen atoms in total. The Bertz CT molecular complexity index is 1240. The van der Waals surface area contributed by atoms with E-state index >= 15 is 0 Å². The number of nitrogens with one attached hydrogen (secondary N) is 1. The highest BCUT2D eigenvalue weighted by Crippen LogP contribution is 2.31. The summed E-state index contributed by atoms with van der Waals surface area (Å²) in [5, 5.41) is 3.31. The monoisotopic (exact) mass is 409 g/mol. The fraction of sp³-hybridized carbons (Fsp3) is 0.160. The molecule has 5 rings (SSSR count). The minimum atomic E-state index is 0.00844. The SMILES string of the molecule is O=c1cc(-c2ccccc2)cc2n1CCN2c1ccnc(NCCc2ccccc2)n1. The minimum absolute atomic E-state index is 0.00844. The molecule has 3 heterocycles. The van der Waals surface area contributed by atoms with Crippen LogP contribution < -0.4 is 15.8 Å². The molecule has 154 valence electrons. The first kappa shape index (κ1) is 19.1. The third-order valence-corrected chi connectivity index (χ3v) is 5.49. The lowest BCUT2D eigenvalue weighted by molar-refractivity contribution is 0.766. The second-order valence-electron chi connectivity index (χ2n) is 7.51. The van der Waals surface area contributed by atoms with Gasteiger partial charge in [0.1, 0.15) is 11.6 Å². The van der Waals surface area contributed by atoms with Gasteiger partial charge in [0.2, 0.25) is 5.95 Å². The maximum Gasteiger partial charge on any atom is 0.252 e. The molecule has 0 amide bonds. The molecular formula is C25H23N5O. The second-order valence-corrected chi connectivity index (χ2v) is 7.51. The van der Waals surface area contributed by atoms with Gasteiger partial charge in [-0.3, -0.25) is 9.36 Å². The van der Waals surface area contributed by atoms with Crippen LogP contribution in [0.3, 0.4) is 0 Å². The van der Waals surface area contributed by atoms with Crippen LogP contribution in [0.25, 0.3) is 11.1 Å². The molecular weight excluding hydrogens is 386 g/mol. The third-order valence-electron chi connectivity index (χ3n) is 5.49. The zero-order valence-corrected chi connectivity index (χ0v) is 17.1. The molecule has 1 aliphatic heterocycles. The Balaban J connectivity index is 1.38. The Morgan fingerprint density at radius 1 is 0.871 bits per heavy atom. The van der Waals surface area contributed by atoms with Crippen molar-refractivity contribution in [3.05, 3.63) is 101 Å². The van der Waals surface area contributed by atoms with Crippen molar-refractivity contribution in [2.45, 2.75) is 13.0 Å². The van der Waals surface area contributed by atoms with E-state index in [1.807, 2.05) is 54.6 Å². The first-order valence-corrected chi connectivity index (χ1v) is 10.5. The largest absolute Gasteiger partial charge is 0.354 e. The van der Waals surface area contributed by atoms with E-state index in [1.54, 1.807) is 16.8 Å². The van der Waals surface area contributed by atoms with Crippen molar-refractivity contribution in [2.75, 3.05) is 23.3 Å². The first-order valence-electron chi connectivity index (χ1n) is 10.5. The van der Waals surface area contributed by atoms with E-state index in [0.717, 1.165) is 35.7 Å². The Hall–Kier alpha value is -3.93. The lowest BCUT2D eigenvalue weighted by Gasteiger charge is -2.18. The molecule has 2 aromatic carbocycles. The van der Waals surface area contributed by atoms with Crippen LogP contribution in [-0.2, 0) is 13.0 Å².